The van der Waals surface area contributed by atoms with E-state index in [0.29, 0.717) is 5.56 Å². The summed E-state index contributed by atoms with van der Waals surface area (Å²) < 4.78 is 0. The van der Waals surface area contributed by atoms with E-state index in [0.717, 1.165) is 16.6 Å². The number of rotatable bonds is 2. The van der Waals surface area contributed by atoms with Gasteiger partial charge in [-0.1, -0.05) is 12.1 Å². The van der Waals surface area contributed by atoms with Gasteiger partial charge < -0.3 is 5.73 Å². The van der Waals surface area contributed by atoms with E-state index in [1.165, 1.54) is 6.33 Å². The highest BCUT2D eigenvalue weighted by atomic mass is 16.6. The average Bonchev–Trinajstić information content (AvgIpc) is 2.46. The van der Waals surface area contributed by atoms with Crippen LogP contribution in [0.25, 0.3) is 22.2 Å². The minimum Gasteiger partial charge on any atom is -0.378 e. The third-order valence-electron chi connectivity index (χ3n) is 3.14. The van der Waals surface area contributed by atoms with E-state index in [9.17, 15) is 10.1 Å². The van der Waals surface area contributed by atoms with E-state index in [4.69, 9.17) is 5.73 Å². The average molecular weight is 281 g/mol. The monoisotopic (exact) mass is 281 g/mol. The molecule has 7 nitrogen and oxygen atoms in total. The van der Waals surface area contributed by atoms with E-state index < -0.39 is 4.92 Å². The molecule has 0 aliphatic rings. The van der Waals surface area contributed by atoms with Crippen LogP contribution in [-0.4, -0.2) is 19.9 Å². The molecule has 3 aromatic rings. The van der Waals surface area contributed by atoms with Gasteiger partial charge in [-0.15, -0.1) is 0 Å². The zero-order chi connectivity index (χ0) is 15.0. The lowest BCUT2D eigenvalue weighted by atomic mass is 10.1. The molecule has 0 bridgehead atoms. The number of hydrogen-bond acceptors (Lipinski definition) is 6. The van der Waals surface area contributed by atoms with Gasteiger partial charge in [0.05, 0.1) is 10.4 Å². The minimum atomic E-state index is -0.567. The Hall–Kier alpha value is -3.09. The standard InChI is InChI=1S/C14H11N5O2/c1-8-2-3-9-6-10(4-5-11(9)18-8)12-13(19(20)21)14(15)17-7-16-12/h2-7H,1H3,(H2,15,16,17). The van der Waals surface area contributed by atoms with Crippen molar-refractivity contribution in [2.75, 3.05) is 5.73 Å². The Labute approximate surface area is 119 Å². The van der Waals surface area contributed by atoms with Crippen molar-refractivity contribution >= 4 is 22.4 Å². The van der Waals surface area contributed by atoms with Gasteiger partial charge in [-0.25, -0.2) is 9.97 Å². The first-order chi connectivity index (χ1) is 10.1. The molecule has 104 valence electrons. The zero-order valence-corrected chi connectivity index (χ0v) is 11.1. The lowest BCUT2D eigenvalue weighted by Gasteiger charge is -2.05. The molecule has 0 radical (unpaired) electrons. The van der Waals surface area contributed by atoms with Crippen molar-refractivity contribution in [3.8, 4) is 11.3 Å². The van der Waals surface area contributed by atoms with Crippen molar-refractivity contribution in [3.63, 3.8) is 0 Å². The quantitative estimate of drug-likeness (QED) is 0.571. The number of anilines is 1. The van der Waals surface area contributed by atoms with Gasteiger partial charge in [0.2, 0.25) is 5.82 Å². The largest absolute Gasteiger partial charge is 0.378 e. The van der Waals surface area contributed by atoms with E-state index in [1.807, 2.05) is 19.1 Å². The Morgan fingerprint density at radius 1 is 1.19 bits per heavy atom. The van der Waals surface area contributed by atoms with Crippen LogP contribution in [0.5, 0.6) is 0 Å². The fourth-order valence-electron chi connectivity index (χ4n) is 2.16. The summed E-state index contributed by atoms with van der Waals surface area (Å²) in [4.78, 5) is 22.7. The number of hydrogen-bond donors (Lipinski definition) is 1. The highest BCUT2D eigenvalue weighted by molar-refractivity contribution is 5.86. The van der Waals surface area contributed by atoms with Crippen molar-refractivity contribution < 1.29 is 4.92 Å². The molecule has 0 saturated heterocycles. The van der Waals surface area contributed by atoms with Crippen molar-refractivity contribution in [1.82, 2.24) is 15.0 Å². The number of aryl methyl sites for hydroxylation is 1. The summed E-state index contributed by atoms with van der Waals surface area (Å²) in [6.07, 6.45) is 1.22. The maximum atomic E-state index is 11.2. The molecule has 0 spiro atoms. The maximum absolute atomic E-state index is 11.2. The summed E-state index contributed by atoms with van der Waals surface area (Å²) >= 11 is 0. The number of nitro groups is 1. The summed E-state index contributed by atoms with van der Waals surface area (Å²) in [5.41, 5.74) is 7.85. The predicted molar refractivity (Wildman–Crippen MR) is 78.6 cm³/mol. The Kier molecular flexibility index (Phi) is 2.94. The Morgan fingerprint density at radius 2 is 2.00 bits per heavy atom. The van der Waals surface area contributed by atoms with Gasteiger partial charge in [-0.05, 0) is 25.1 Å². The zero-order valence-electron chi connectivity index (χ0n) is 11.1. The molecule has 2 aromatic heterocycles. The van der Waals surface area contributed by atoms with Gasteiger partial charge >= 0.3 is 5.69 Å². The number of pyridine rings is 1. The van der Waals surface area contributed by atoms with Crippen LogP contribution in [0, 0.1) is 17.0 Å². The smallest absolute Gasteiger partial charge is 0.337 e. The number of benzene rings is 1. The first-order valence-electron chi connectivity index (χ1n) is 6.19. The summed E-state index contributed by atoms with van der Waals surface area (Å²) in [6, 6.07) is 9.15. The molecule has 0 fully saturated rings. The van der Waals surface area contributed by atoms with Crippen molar-refractivity contribution in [1.29, 1.82) is 0 Å². The van der Waals surface area contributed by atoms with Gasteiger partial charge in [-0.3, -0.25) is 15.1 Å². The molecule has 0 saturated carbocycles. The van der Waals surface area contributed by atoms with E-state index >= 15 is 0 Å². The van der Waals surface area contributed by atoms with Crippen LogP contribution < -0.4 is 5.73 Å². The third kappa shape index (κ3) is 2.25. The third-order valence-corrected chi connectivity index (χ3v) is 3.14. The first kappa shape index (κ1) is 12.9. The van der Waals surface area contributed by atoms with Crippen LogP contribution >= 0.6 is 0 Å². The van der Waals surface area contributed by atoms with E-state index in [1.54, 1.807) is 18.2 Å². The molecule has 0 aliphatic heterocycles. The second-order valence-corrected chi connectivity index (χ2v) is 4.57. The molecule has 2 heterocycles. The first-order valence-corrected chi connectivity index (χ1v) is 6.19. The lowest BCUT2D eigenvalue weighted by molar-refractivity contribution is -0.383. The second kappa shape index (κ2) is 4.78. The van der Waals surface area contributed by atoms with Gasteiger partial charge in [-0.2, -0.15) is 0 Å². The highest BCUT2D eigenvalue weighted by Gasteiger charge is 2.22. The Balaban J connectivity index is 2.24. The molecule has 1 aromatic carbocycles. The molecule has 0 unspecified atom stereocenters. The Bertz CT molecular complexity index is 863. The van der Waals surface area contributed by atoms with E-state index in [-0.39, 0.29) is 17.2 Å². The molecule has 21 heavy (non-hydrogen) atoms. The number of nitrogens with two attached hydrogens (primary N) is 1. The van der Waals surface area contributed by atoms with Crippen LogP contribution in [0.15, 0.2) is 36.7 Å². The van der Waals surface area contributed by atoms with Crippen LogP contribution in [0.2, 0.25) is 0 Å². The molecular weight excluding hydrogens is 270 g/mol. The van der Waals surface area contributed by atoms with Gasteiger partial charge in [0.25, 0.3) is 0 Å². The molecule has 2 N–H and O–H groups in total. The summed E-state index contributed by atoms with van der Waals surface area (Å²) in [5.74, 6) is -0.146. The Morgan fingerprint density at radius 3 is 2.76 bits per heavy atom. The molecule has 7 heteroatoms. The van der Waals surface area contributed by atoms with Gasteiger partial charge in [0.1, 0.15) is 6.33 Å². The summed E-state index contributed by atoms with van der Waals surface area (Å²) in [7, 11) is 0. The summed E-state index contributed by atoms with van der Waals surface area (Å²) in [5, 5.41) is 12.0. The predicted octanol–water partition coefficient (Wildman–Crippen LogP) is 2.49. The molecule has 0 aliphatic carbocycles. The van der Waals surface area contributed by atoms with Crippen LogP contribution in [0.1, 0.15) is 5.69 Å². The van der Waals surface area contributed by atoms with Crippen molar-refractivity contribution in [2.45, 2.75) is 6.92 Å². The number of aromatic nitrogens is 3. The normalized spacial score (nSPS) is 10.7. The topological polar surface area (TPSA) is 108 Å². The fraction of sp³-hybridized carbons (Fsp3) is 0.0714. The number of fused-ring (bicyclic) bond motifs is 1. The highest BCUT2D eigenvalue weighted by Crippen LogP contribution is 2.32. The van der Waals surface area contributed by atoms with Crippen LogP contribution in [0.4, 0.5) is 11.5 Å². The molecule has 0 amide bonds. The summed E-state index contributed by atoms with van der Waals surface area (Å²) in [6.45, 7) is 1.91. The maximum Gasteiger partial charge on any atom is 0.337 e. The van der Waals surface area contributed by atoms with E-state index in [2.05, 4.69) is 15.0 Å². The lowest BCUT2D eigenvalue weighted by Crippen LogP contribution is -2.02. The molecular formula is C14H11N5O2. The van der Waals surface area contributed by atoms with Gasteiger partial charge in [0.15, 0.2) is 5.69 Å². The number of nitrogen functional groups attached to an aromatic ring is 1. The number of nitrogens with zero attached hydrogens (tertiary/aromatic N) is 4. The SMILES string of the molecule is Cc1ccc2cc(-c3ncnc(N)c3[N+](=O)[O-])ccc2n1. The minimum absolute atomic E-state index is 0.146. The van der Waals surface area contributed by atoms with Gasteiger partial charge in [0, 0.05) is 16.6 Å². The molecule has 0 atom stereocenters. The van der Waals surface area contributed by atoms with Crippen molar-refractivity contribution in [3.05, 3.63) is 52.5 Å². The fourth-order valence-corrected chi connectivity index (χ4v) is 2.16. The second-order valence-electron chi connectivity index (χ2n) is 4.57. The molecule has 3 rings (SSSR count). The van der Waals surface area contributed by atoms with Crippen molar-refractivity contribution in [2.24, 2.45) is 0 Å². The van der Waals surface area contributed by atoms with Crippen LogP contribution in [0.3, 0.4) is 0 Å². The van der Waals surface area contributed by atoms with Crippen LogP contribution in [-0.2, 0) is 0 Å².